The van der Waals surface area contributed by atoms with Crippen molar-refractivity contribution in [3.05, 3.63) is 57.4 Å². The van der Waals surface area contributed by atoms with Crippen molar-refractivity contribution in [2.24, 2.45) is 0 Å². The maximum absolute atomic E-state index is 13.3. The molecule has 3 aromatic rings. The van der Waals surface area contributed by atoms with Gasteiger partial charge in [-0.05, 0) is 45.9 Å². The molecule has 3 N–H and O–H groups in total. The number of phenolic OH excluding ortho intramolecular Hbond substituents is 1. The van der Waals surface area contributed by atoms with E-state index in [9.17, 15) is 9.90 Å². The molecule has 0 radical (unpaired) electrons. The lowest BCUT2D eigenvalue weighted by molar-refractivity contribution is -0.116. The second-order valence-corrected chi connectivity index (χ2v) is 8.01. The van der Waals surface area contributed by atoms with Crippen LogP contribution in [0.25, 0.3) is 0 Å². The third-order valence-corrected chi connectivity index (χ3v) is 6.35. The minimum Gasteiger partial charge on any atom is -0.504 e. The quantitative estimate of drug-likeness (QED) is 0.598. The van der Waals surface area contributed by atoms with E-state index in [4.69, 9.17) is 9.37 Å². The van der Waals surface area contributed by atoms with Gasteiger partial charge in [-0.15, -0.1) is 11.3 Å². The van der Waals surface area contributed by atoms with E-state index >= 15 is 0 Å². The number of nitrogens with one attached hydrogen (secondary N) is 2. The van der Waals surface area contributed by atoms with Crippen molar-refractivity contribution in [3.8, 4) is 11.5 Å². The lowest BCUT2D eigenvalue weighted by atomic mass is 9.81. The summed E-state index contributed by atoms with van der Waals surface area (Å²) in [5, 5.41) is 26.6. The lowest BCUT2D eigenvalue weighted by Crippen LogP contribution is -2.26. The number of anilines is 2. The SMILES string of the molecule is COc1ccc([C@H]2Nc3nonc3NC3=C2C(=O)C[C@@H](c2cccs2)C3)cc1O. The van der Waals surface area contributed by atoms with Gasteiger partial charge in [0.1, 0.15) is 0 Å². The molecule has 0 amide bonds. The molecule has 148 valence electrons. The monoisotopic (exact) mass is 410 g/mol. The minimum absolute atomic E-state index is 0.00405. The predicted molar refractivity (Wildman–Crippen MR) is 107 cm³/mol. The smallest absolute Gasteiger partial charge is 0.219 e. The molecule has 2 aromatic heterocycles. The molecule has 0 bridgehead atoms. The number of fused-ring (bicyclic) bond motifs is 1. The van der Waals surface area contributed by atoms with E-state index in [0.29, 0.717) is 35.8 Å². The van der Waals surface area contributed by atoms with Crippen molar-refractivity contribution in [2.75, 3.05) is 17.7 Å². The molecule has 9 heteroatoms. The Hall–Kier alpha value is -3.33. The Morgan fingerprint density at radius 3 is 2.86 bits per heavy atom. The topological polar surface area (TPSA) is 110 Å². The fourth-order valence-corrected chi connectivity index (χ4v) is 4.79. The largest absolute Gasteiger partial charge is 0.504 e. The van der Waals surface area contributed by atoms with E-state index in [1.54, 1.807) is 23.5 Å². The number of benzene rings is 1. The normalized spacial score (nSPS) is 20.9. The van der Waals surface area contributed by atoms with Gasteiger partial charge in [-0.25, -0.2) is 4.63 Å². The highest BCUT2D eigenvalue weighted by Gasteiger charge is 2.37. The first-order chi connectivity index (χ1) is 14.1. The van der Waals surface area contributed by atoms with E-state index in [2.05, 4.69) is 27.0 Å². The highest BCUT2D eigenvalue weighted by molar-refractivity contribution is 7.10. The number of hydrogen-bond acceptors (Lipinski definition) is 9. The van der Waals surface area contributed by atoms with Gasteiger partial charge >= 0.3 is 0 Å². The van der Waals surface area contributed by atoms with Crippen LogP contribution in [0.4, 0.5) is 11.6 Å². The molecule has 2 aliphatic rings. The molecular formula is C20H18N4O4S. The molecule has 2 atom stereocenters. The van der Waals surface area contributed by atoms with Crippen LogP contribution in [-0.2, 0) is 4.79 Å². The molecule has 0 unspecified atom stereocenters. The van der Waals surface area contributed by atoms with Gasteiger partial charge < -0.3 is 20.5 Å². The number of methoxy groups -OCH3 is 1. The Bertz CT molecular complexity index is 1110. The number of ketones is 1. The van der Waals surface area contributed by atoms with E-state index in [1.165, 1.54) is 12.0 Å². The van der Waals surface area contributed by atoms with Gasteiger partial charge in [0.15, 0.2) is 17.3 Å². The summed E-state index contributed by atoms with van der Waals surface area (Å²) >= 11 is 1.65. The average Bonchev–Trinajstić information content (AvgIpc) is 3.37. The number of thiophene rings is 1. The number of nitrogens with zero attached hydrogens (tertiary/aromatic N) is 2. The van der Waals surface area contributed by atoms with Crippen LogP contribution in [0.1, 0.15) is 35.2 Å². The van der Waals surface area contributed by atoms with Crippen LogP contribution >= 0.6 is 11.3 Å². The Morgan fingerprint density at radius 2 is 2.10 bits per heavy atom. The summed E-state index contributed by atoms with van der Waals surface area (Å²) in [6.07, 6.45) is 1.10. The Labute approximate surface area is 170 Å². The molecule has 5 rings (SSSR count). The highest BCUT2D eigenvalue weighted by Crippen LogP contribution is 2.45. The Morgan fingerprint density at radius 1 is 1.24 bits per heavy atom. The lowest BCUT2D eigenvalue weighted by Gasteiger charge is -2.29. The van der Waals surface area contributed by atoms with Crippen molar-refractivity contribution in [3.63, 3.8) is 0 Å². The molecule has 3 heterocycles. The van der Waals surface area contributed by atoms with Gasteiger partial charge in [0.05, 0.1) is 13.2 Å². The summed E-state index contributed by atoms with van der Waals surface area (Å²) in [5.74, 6) is 1.39. The van der Waals surface area contributed by atoms with Gasteiger partial charge in [-0.1, -0.05) is 12.1 Å². The predicted octanol–water partition coefficient (Wildman–Crippen LogP) is 3.82. The zero-order chi connectivity index (χ0) is 20.0. The van der Waals surface area contributed by atoms with Crippen LogP contribution in [0.3, 0.4) is 0 Å². The molecule has 29 heavy (non-hydrogen) atoms. The summed E-state index contributed by atoms with van der Waals surface area (Å²) in [6.45, 7) is 0. The number of Topliss-reactive ketones (excluding diaryl/α,β-unsaturated/α-hetero) is 1. The van der Waals surface area contributed by atoms with Crippen LogP contribution in [0.5, 0.6) is 11.5 Å². The van der Waals surface area contributed by atoms with Crippen molar-refractivity contribution < 1.29 is 19.3 Å². The maximum Gasteiger partial charge on any atom is 0.219 e. The Kier molecular flexibility index (Phi) is 4.24. The first-order valence-electron chi connectivity index (χ1n) is 9.16. The van der Waals surface area contributed by atoms with E-state index in [0.717, 1.165) is 11.3 Å². The molecule has 1 aromatic carbocycles. The molecule has 8 nitrogen and oxygen atoms in total. The standard InChI is InChI=1S/C20H18N4O4S/c1-27-15-5-4-10(8-13(15)25)18-17-12(21-19-20(22-18)24-28-23-19)7-11(9-14(17)26)16-3-2-6-29-16/h2-6,8,11,18,25H,7,9H2,1H3,(H,21,23)(H,22,24)/t11-,18+/m0/s1. The van der Waals surface area contributed by atoms with Crippen LogP contribution in [0, 0.1) is 0 Å². The number of aromatic nitrogens is 2. The number of carbonyl (C=O) groups excluding carboxylic acids is 1. The van der Waals surface area contributed by atoms with Crippen LogP contribution in [0.2, 0.25) is 0 Å². The van der Waals surface area contributed by atoms with Gasteiger partial charge in [0.2, 0.25) is 11.6 Å². The molecule has 1 aliphatic heterocycles. The fourth-order valence-electron chi connectivity index (χ4n) is 3.96. The fraction of sp³-hybridized carbons (Fsp3) is 0.250. The number of aromatic hydroxyl groups is 1. The van der Waals surface area contributed by atoms with Crippen molar-refractivity contribution in [1.82, 2.24) is 10.3 Å². The highest BCUT2D eigenvalue weighted by atomic mass is 32.1. The summed E-state index contributed by atoms with van der Waals surface area (Å²) < 4.78 is 10.0. The first kappa shape index (κ1) is 17.7. The van der Waals surface area contributed by atoms with E-state index < -0.39 is 6.04 Å². The van der Waals surface area contributed by atoms with Crippen molar-refractivity contribution in [1.29, 1.82) is 0 Å². The van der Waals surface area contributed by atoms with Crippen molar-refractivity contribution in [2.45, 2.75) is 24.8 Å². The number of phenols is 1. The number of hydrogen-bond donors (Lipinski definition) is 3. The second kappa shape index (κ2) is 6.93. The molecule has 0 spiro atoms. The first-order valence-corrected chi connectivity index (χ1v) is 10.0. The van der Waals surface area contributed by atoms with Gasteiger partial charge in [0.25, 0.3) is 0 Å². The van der Waals surface area contributed by atoms with Gasteiger partial charge in [-0.3, -0.25) is 4.79 Å². The molecule has 1 aliphatic carbocycles. The van der Waals surface area contributed by atoms with E-state index in [1.807, 2.05) is 17.5 Å². The molecule has 0 saturated carbocycles. The third kappa shape index (κ3) is 3.03. The maximum atomic E-state index is 13.3. The van der Waals surface area contributed by atoms with Crippen LogP contribution in [0.15, 0.2) is 51.6 Å². The number of ether oxygens (including phenoxy) is 1. The third-order valence-electron chi connectivity index (χ3n) is 5.32. The second-order valence-electron chi connectivity index (χ2n) is 7.03. The summed E-state index contributed by atoms with van der Waals surface area (Å²) in [6, 6.07) is 8.65. The van der Waals surface area contributed by atoms with Crippen molar-refractivity contribution >= 4 is 28.8 Å². The van der Waals surface area contributed by atoms with E-state index in [-0.39, 0.29) is 17.5 Å². The molecule has 0 saturated heterocycles. The van der Waals surface area contributed by atoms with Gasteiger partial charge in [-0.2, -0.15) is 0 Å². The summed E-state index contributed by atoms with van der Waals surface area (Å²) in [4.78, 5) is 14.4. The summed E-state index contributed by atoms with van der Waals surface area (Å²) in [7, 11) is 1.49. The van der Waals surface area contributed by atoms with Gasteiger partial charge in [0, 0.05) is 28.5 Å². The number of carbonyl (C=O) groups is 1. The zero-order valence-corrected chi connectivity index (χ0v) is 16.3. The zero-order valence-electron chi connectivity index (χ0n) is 15.5. The van der Waals surface area contributed by atoms with Crippen LogP contribution < -0.4 is 15.4 Å². The number of allylic oxidation sites excluding steroid dienone is 1. The minimum atomic E-state index is -0.501. The summed E-state index contributed by atoms with van der Waals surface area (Å²) in [5.41, 5.74) is 2.14. The Balaban J connectivity index is 1.61. The molecule has 0 fully saturated rings. The molecular weight excluding hydrogens is 392 g/mol. The average molecular weight is 410 g/mol. The van der Waals surface area contributed by atoms with Crippen LogP contribution in [-0.4, -0.2) is 28.3 Å². The number of rotatable bonds is 3.